The van der Waals surface area contributed by atoms with Crippen LogP contribution >= 0.6 is 34.4 Å². The number of amides is 1. The number of nitrogens with zero attached hydrogens (tertiary/aromatic N) is 3. The van der Waals surface area contributed by atoms with Gasteiger partial charge in [-0.05, 0) is 29.8 Å². The van der Waals surface area contributed by atoms with Crippen LogP contribution in [0.2, 0.25) is 0 Å². The second-order valence-electron chi connectivity index (χ2n) is 4.87. The van der Waals surface area contributed by atoms with Gasteiger partial charge in [0.1, 0.15) is 5.00 Å². The monoisotopic (exact) mass is 409 g/mol. The molecule has 11 heteroatoms. The van der Waals surface area contributed by atoms with Crippen LogP contribution in [0.25, 0.3) is 10.7 Å². The highest BCUT2D eigenvalue weighted by Crippen LogP contribution is 2.26. The Morgan fingerprint density at radius 2 is 2.15 bits per heavy atom. The number of anilines is 1. The van der Waals surface area contributed by atoms with Gasteiger partial charge in [0.05, 0.1) is 22.8 Å². The van der Waals surface area contributed by atoms with E-state index in [0.29, 0.717) is 21.5 Å². The minimum atomic E-state index is -0.459. The number of nitrogen functional groups attached to an aromatic ring is 1. The van der Waals surface area contributed by atoms with Gasteiger partial charge < -0.3 is 15.9 Å². The second kappa shape index (κ2) is 8.34. The number of carbonyl (C=O) groups is 2. The van der Waals surface area contributed by atoms with Crippen LogP contribution in [0, 0.1) is 0 Å². The summed E-state index contributed by atoms with van der Waals surface area (Å²) in [5.41, 5.74) is 0.345. The zero-order valence-corrected chi connectivity index (χ0v) is 16.1. The summed E-state index contributed by atoms with van der Waals surface area (Å²) in [6.45, 7) is 2.00. The number of hydrogen-bond donors (Lipinski definition) is 2. The molecule has 0 fully saturated rings. The molecule has 136 valence electrons. The van der Waals surface area contributed by atoms with Gasteiger partial charge in [0.2, 0.25) is 11.1 Å². The summed E-state index contributed by atoms with van der Waals surface area (Å²) < 4.78 is 6.33. The summed E-state index contributed by atoms with van der Waals surface area (Å²) in [7, 11) is 0. The van der Waals surface area contributed by atoms with Crippen LogP contribution in [-0.2, 0) is 9.53 Å². The zero-order valence-electron chi connectivity index (χ0n) is 13.7. The summed E-state index contributed by atoms with van der Waals surface area (Å²) in [6.07, 6.45) is 0. The number of thiophene rings is 2. The van der Waals surface area contributed by atoms with Gasteiger partial charge in [0.25, 0.3) is 0 Å². The lowest BCUT2D eigenvalue weighted by Crippen LogP contribution is -2.17. The standard InChI is InChI=1S/C15H15N5O3S3/c1-2-23-14(22)9-5-7-25-13(9)17-11(21)8-26-15-19-18-12(20(15)16)10-4-3-6-24-10/h3-7H,2,8,16H2,1H3,(H,17,21). The lowest BCUT2D eigenvalue weighted by molar-refractivity contribution is -0.113. The van der Waals surface area contributed by atoms with Gasteiger partial charge in [0.15, 0.2) is 5.82 Å². The molecule has 0 spiro atoms. The van der Waals surface area contributed by atoms with Crippen molar-refractivity contribution >= 4 is 51.3 Å². The first-order chi connectivity index (χ1) is 12.6. The quantitative estimate of drug-likeness (QED) is 0.350. The molecule has 0 radical (unpaired) electrons. The average Bonchev–Trinajstić information content (AvgIpc) is 3.34. The van der Waals surface area contributed by atoms with E-state index in [9.17, 15) is 9.59 Å². The Morgan fingerprint density at radius 3 is 2.88 bits per heavy atom. The maximum absolute atomic E-state index is 12.2. The van der Waals surface area contributed by atoms with Crippen molar-refractivity contribution in [3.8, 4) is 10.7 Å². The molecule has 0 aliphatic rings. The molecular formula is C15H15N5O3S3. The van der Waals surface area contributed by atoms with Crippen molar-refractivity contribution in [1.29, 1.82) is 0 Å². The van der Waals surface area contributed by atoms with Crippen LogP contribution < -0.4 is 11.2 Å². The van der Waals surface area contributed by atoms with Gasteiger partial charge in [-0.2, -0.15) is 0 Å². The van der Waals surface area contributed by atoms with E-state index >= 15 is 0 Å². The molecule has 0 aliphatic heterocycles. The van der Waals surface area contributed by atoms with Crippen LogP contribution in [0.3, 0.4) is 0 Å². The Labute approximate surface area is 161 Å². The lowest BCUT2D eigenvalue weighted by Gasteiger charge is -2.06. The van der Waals surface area contributed by atoms with Gasteiger partial charge in [-0.3, -0.25) is 4.79 Å². The highest BCUT2D eigenvalue weighted by atomic mass is 32.2. The predicted octanol–water partition coefficient (Wildman–Crippen LogP) is 2.69. The number of hydrogen-bond acceptors (Lipinski definition) is 9. The Kier molecular flexibility index (Phi) is 5.91. The fourth-order valence-electron chi connectivity index (χ4n) is 2.02. The normalized spacial score (nSPS) is 10.7. The van der Waals surface area contributed by atoms with Crippen LogP contribution in [0.5, 0.6) is 0 Å². The SMILES string of the molecule is CCOC(=O)c1ccsc1NC(=O)CSc1nnc(-c2cccs2)n1N. The van der Waals surface area contributed by atoms with E-state index < -0.39 is 5.97 Å². The zero-order chi connectivity index (χ0) is 18.5. The molecule has 3 aromatic rings. The molecule has 3 aromatic heterocycles. The maximum Gasteiger partial charge on any atom is 0.341 e. The molecule has 1 amide bonds. The smallest absolute Gasteiger partial charge is 0.341 e. The van der Waals surface area contributed by atoms with E-state index in [-0.39, 0.29) is 18.3 Å². The van der Waals surface area contributed by atoms with Crippen LogP contribution in [0.1, 0.15) is 17.3 Å². The Bertz CT molecular complexity index is 904. The predicted molar refractivity (Wildman–Crippen MR) is 103 cm³/mol. The molecule has 0 saturated heterocycles. The van der Waals surface area contributed by atoms with Crippen molar-refractivity contribution in [3.63, 3.8) is 0 Å². The van der Waals surface area contributed by atoms with E-state index in [2.05, 4.69) is 15.5 Å². The summed E-state index contributed by atoms with van der Waals surface area (Å²) in [5.74, 6) is 5.90. The van der Waals surface area contributed by atoms with Gasteiger partial charge >= 0.3 is 5.97 Å². The molecule has 3 heterocycles. The molecule has 0 atom stereocenters. The second-order valence-corrected chi connectivity index (χ2v) is 7.68. The Balaban J connectivity index is 1.60. The van der Waals surface area contributed by atoms with Crippen molar-refractivity contribution in [2.75, 3.05) is 23.5 Å². The Hall–Kier alpha value is -2.37. The maximum atomic E-state index is 12.2. The summed E-state index contributed by atoms with van der Waals surface area (Å²) in [5, 5.41) is 15.3. The van der Waals surface area contributed by atoms with Crippen LogP contribution in [0.4, 0.5) is 5.00 Å². The number of thioether (sulfide) groups is 1. The van der Waals surface area contributed by atoms with E-state index in [1.54, 1.807) is 18.4 Å². The minimum Gasteiger partial charge on any atom is -0.462 e. The average molecular weight is 410 g/mol. The largest absolute Gasteiger partial charge is 0.462 e. The third-order valence-corrected chi connectivity index (χ3v) is 5.79. The number of aromatic nitrogens is 3. The van der Waals surface area contributed by atoms with Crippen molar-refractivity contribution in [2.24, 2.45) is 0 Å². The molecule has 0 bridgehead atoms. The number of rotatable bonds is 7. The summed E-state index contributed by atoms with van der Waals surface area (Å²) >= 11 is 3.93. The molecule has 3 rings (SSSR count). The van der Waals surface area contributed by atoms with E-state index in [0.717, 1.165) is 4.88 Å². The van der Waals surface area contributed by atoms with E-state index in [1.807, 2.05) is 17.5 Å². The third kappa shape index (κ3) is 4.06. The summed E-state index contributed by atoms with van der Waals surface area (Å²) in [6, 6.07) is 5.42. The van der Waals surface area contributed by atoms with Crippen molar-refractivity contribution in [1.82, 2.24) is 14.9 Å². The number of nitrogens with one attached hydrogen (secondary N) is 1. The van der Waals surface area contributed by atoms with Gasteiger partial charge in [-0.15, -0.1) is 32.9 Å². The van der Waals surface area contributed by atoms with E-state index in [1.165, 1.54) is 39.1 Å². The molecule has 0 saturated carbocycles. The molecule has 3 N–H and O–H groups in total. The van der Waals surface area contributed by atoms with Crippen molar-refractivity contribution < 1.29 is 14.3 Å². The first kappa shape index (κ1) is 18.4. The molecule has 0 unspecified atom stereocenters. The van der Waals surface area contributed by atoms with Crippen LogP contribution in [0.15, 0.2) is 34.1 Å². The third-order valence-electron chi connectivity index (χ3n) is 3.15. The molecule has 8 nitrogen and oxygen atoms in total. The van der Waals surface area contributed by atoms with Gasteiger partial charge in [-0.25, -0.2) is 9.47 Å². The van der Waals surface area contributed by atoms with Crippen LogP contribution in [-0.4, -0.2) is 39.1 Å². The van der Waals surface area contributed by atoms with Gasteiger partial charge in [0, 0.05) is 0 Å². The number of nitrogens with two attached hydrogens (primary N) is 1. The Morgan fingerprint density at radius 1 is 1.31 bits per heavy atom. The minimum absolute atomic E-state index is 0.0833. The number of ether oxygens (including phenoxy) is 1. The molecule has 0 aliphatic carbocycles. The highest BCUT2D eigenvalue weighted by molar-refractivity contribution is 7.99. The first-order valence-corrected chi connectivity index (χ1v) is 10.3. The fraction of sp³-hybridized carbons (Fsp3) is 0.200. The fourth-order valence-corrected chi connectivity index (χ4v) is 4.17. The van der Waals surface area contributed by atoms with Gasteiger partial charge in [-0.1, -0.05) is 17.8 Å². The first-order valence-electron chi connectivity index (χ1n) is 7.51. The summed E-state index contributed by atoms with van der Waals surface area (Å²) in [4.78, 5) is 24.9. The molecule has 26 heavy (non-hydrogen) atoms. The number of esters is 1. The topological polar surface area (TPSA) is 112 Å². The molecule has 0 aromatic carbocycles. The molecular weight excluding hydrogens is 394 g/mol. The highest BCUT2D eigenvalue weighted by Gasteiger charge is 2.18. The lowest BCUT2D eigenvalue weighted by atomic mass is 10.3. The van der Waals surface area contributed by atoms with Crippen molar-refractivity contribution in [2.45, 2.75) is 12.1 Å². The van der Waals surface area contributed by atoms with E-state index in [4.69, 9.17) is 10.6 Å². The van der Waals surface area contributed by atoms with Crippen molar-refractivity contribution in [3.05, 3.63) is 34.5 Å². The number of carbonyl (C=O) groups excluding carboxylic acids is 2.